The SMILES string of the molecule is C=Cc1ccc2ncc(-c3ccc(N4CCN(C)CC4)cc3F)n2n1. The Balaban J connectivity index is 1.70. The van der Waals surface area contributed by atoms with Crippen LogP contribution < -0.4 is 4.90 Å². The zero-order valence-corrected chi connectivity index (χ0v) is 14.2. The van der Waals surface area contributed by atoms with Gasteiger partial charge < -0.3 is 9.80 Å². The third-order valence-electron chi connectivity index (χ3n) is 4.69. The fourth-order valence-corrected chi connectivity index (χ4v) is 3.15. The molecule has 3 aromatic rings. The lowest BCUT2D eigenvalue weighted by Gasteiger charge is -2.34. The minimum Gasteiger partial charge on any atom is -0.369 e. The number of hydrogen-bond donors (Lipinski definition) is 0. The number of piperazine rings is 1. The molecule has 1 aliphatic heterocycles. The van der Waals surface area contributed by atoms with Crippen molar-refractivity contribution in [3.63, 3.8) is 0 Å². The van der Waals surface area contributed by atoms with Crippen molar-refractivity contribution in [3.8, 4) is 11.3 Å². The van der Waals surface area contributed by atoms with Crippen molar-refractivity contribution >= 4 is 17.4 Å². The van der Waals surface area contributed by atoms with Gasteiger partial charge in [-0.1, -0.05) is 6.58 Å². The third kappa shape index (κ3) is 2.89. The Hall–Kier alpha value is -2.73. The fourth-order valence-electron chi connectivity index (χ4n) is 3.15. The second-order valence-electron chi connectivity index (χ2n) is 6.33. The van der Waals surface area contributed by atoms with E-state index in [0.29, 0.717) is 16.9 Å². The van der Waals surface area contributed by atoms with E-state index in [-0.39, 0.29) is 5.82 Å². The predicted octanol–water partition coefficient (Wildman–Crippen LogP) is 2.93. The number of rotatable bonds is 3. The quantitative estimate of drug-likeness (QED) is 0.736. The van der Waals surface area contributed by atoms with Crippen molar-refractivity contribution in [2.45, 2.75) is 0 Å². The first-order valence-electron chi connectivity index (χ1n) is 8.36. The van der Waals surface area contributed by atoms with Gasteiger partial charge in [-0.15, -0.1) is 0 Å². The van der Waals surface area contributed by atoms with Crippen LogP contribution in [0.25, 0.3) is 23.0 Å². The molecule has 0 saturated carbocycles. The number of nitrogens with zero attached hydrogens (tertiary/aromatic N) is 5. The van der Waals surface area contributed by atoms with E-state index in [1.54, 1.807) is 22.9 Å². The first-order valence-corrected chi connectivity index (χ1v) is 8.36. The number of imidazole rings is 1. The summed E-state index contributed by atoms with van der Waals surface area (Å²) >= 11 is 0. The Bertz CT molecular complexity index is 925. The van der Waals surface area contributed by atoms with E-state index in [0.717, 1.165) is 37.6 Å². The van der Waals surface area contributed by atoms with E-state index in [1.165, 1.54) is 0 Å². The summed E-state index contributed by atoms with van der Waals surface area (Å²) in [5, 5.41) is 4.45. The van der Waals surface area contributed by atoms with Crippen molar-refractivity contribution in [1.29, 1.82) is 0 Å². The number of aromatic nitrogens is 3. The van der Waals surface area contributed by atoms with Crippen LogP contribution in [-0.2, 0) is 0 Å². The van der Waals surface area contributed by atoms with Gasteiger partial charge in [-0.2, -0.15) is 5.10 Å². The largest absolute Gasteiger partial charge is 0.369 e. The van der Waals surface area contributed by atoms with Gasteiger partial charge >= 0.3 is 0 Å². The number of anilines is 1. The van der Waals surface area contributed by atoms with Gasteiger partial charge in [0.25, 0.3) is 0 Å². The first-order chi connectivity index (χ1) is 12.2. The second-order valence-corrected chi connectivity index (χ2v) is 6.33. The molecule has 0 spiro atoms. The molecule has 2 aromatic heterocycles. The zero-order valence-electron chi connectivity index (χ0n) is 14.2. The van der Waals surface area contributed by atoms with Gasteiger partial charge in [0.1, 0.15) is 5.82 Å². The van der Waals surface area contributed by atoms with E-state index >= 15 is 0 Å². The van der Waals surface area contributed by atoms with Crippen LogP contribution >= 0.6 is 0 Å². The number of fused-ring (bicyclic) bond motifs is 1. The van der Waals surface area contributed by atoms with Crippen LogP contribution in [0.5, 0.6) is 0 Å². The normalized spacial score (nSPS) is 15.7. The van der Waals surface area contributed by atoms with E-state index in [2.05, 4.69) is 33.5 Å². The van der Waals surface area contributed by atoms with Crippen LogP contribution in [0.3, 0.4) is 0 Å². The molecule has 0 N–H and O–H groups in total. The monoisotopic (exact) mass is 337 g/mol. The number of hydrogen-bond acceptors (Lipinski definition) is 4. The molecule has 0 unspecified atom stereocenters. The fraction of sp³-hybridized carbons (Fsp3) is 0.263. The van der Waals surface area contributed by atoms with Gasteiger partial charge in [0, 0.05) is 37.4 Å². The molecule has 1 aliphatic rings. The summed E-state index contributed by atoms with van der Waals surface area (Å²) in [6.07, 6.45) is 3.32. The molecule has 1 fully saturated rings. The molecule has 6 heteroatoms. The minimum atomic E-state index is -0.260. The Kier molecular flexibility index (Phi) is 3.97. The van der Waals surface area contributed by atoms with E-state index < -0.39 is 0 Å². The summed E-state index contributed by atoms with van der Waals surface area (Å²) < 4.78 is 16.5. The number of benzene rings is 1. The molecule has 0 radical (unpaired) electrons. The molecule has 0 aliphatic carbocycles. The van der Waals surface area contributed by atoms with Gasteiger partial charge in [0.15, 0.2) is 5.65 Å². The molecule has 1 aromatic carbocycles. The predicted molar refractivity (Wildman–Crippen MR) is 98.2 cm³/mol. The van der Waals surface area contributed by atoms with Crippen LogP contribution in [0.1, 0.15) is 5.69 Å². The summed E-state index contributed by atoms with van der Waals surface area (Å²) in [4.78, 5) is 8.81. The highest BCUT2D eigenvalue weighted by Gasteiger charge is 2.17. The van der Waals surface area contributed by atoms with Crippen LogP contribution in [-0.4, -0.2) is 52.7 Å². The summed E-state index contributed by atoms with van der Waals surface area (Å²) in [6, 6.07) is 9.09. The van der Waals surface area contributed by atoms with Crippen molar-refractivity contribution in [2.75, 3.05) is 38.1 Å². The van der Waals surface area contributed by atoms with Crippen molar-refractivity contribution < 1.29 is 4.39 Å². The summed E-state index contributed by atoms with van der Waals surface area (Å²) in [7, 11) is 2.11. The Morgan fingerprint density at radius 1 is 1.12 bits per heavy atom. The minimum absolute atomic E-state index is 0.260. The van der Waals surface area contributed by atoms with Gasteiger partial charge in [0.05, 0.1) is 17.6 Å². The Morgan fingerprint density at radius 3 is 2.64 bits per heavy atom. The van der Waals surface area contributed by atoms with Crippen LogP contribution in [0, 0.1) is 5.82 Å². The average Bonchev–Trinajstić information content (AvgIpc) is 3.05. The third-order valence-corrected chi connectivity index (χ3v) is 4.69. The molecule has 25 heavy (non-hydrogen) atoms. The lowest BCUT2D eigenvalue weighted by atomic mass is 10.1. The standard InChI is InChI=1S/C19H20FN5/c1-3-14-4-7-19-21-13-18(25(19)22-14)16-6-5-15(12-17(16)20)24-10-8-23(2)9-11-24/h3-7,12-13H,1,8-11H2,2H3. The molecular weight excluding hydrogens is 317 g/mol. The lowest BCUT2D eigenvalue weighted by Crippen LogP contribution is -2.44. The highest BCUT2D eigenvalue weighted by atomic mass is 19.1. The molecule has 5 nitrogen and oxygen atoms in total. The highest BCUT2D eigenvalue weighted by Crippen LogP contribution is 2.27. The summed E-state index contributed by atoms with van der Waals surface area (Å²) in [6.45, 7) is 7.54. The average molecular weight is 337 g/mol. The van der Waals surface area contributed by atoms with Gasteiger partial charge in [-0.05, 0) is 43.5 Å². The van der Waals surface area contributed by atoms with Crippen LogP contribution in [0.2, 0.25) is 0 Å². The van der Waals surface area contributed by atoms with Crippen LogP contribution in [0.15, 0.2) is 43.1 Å². The molecule has 0 atom stereocenters. The molecule has 1 saturated heterocycles. The van der Waals surface area contributed by atoms with Crippen molar-refractivity contribution in [2.24, 2.45) is 0 Å². The topological polar surface area (TPSA) is 36.7 Å². The smallest absolute Gasteiger partial charge is 0.154 e. The number of halogens is 1. The lowest BCUT2D eigenvalue weighted by molar-refractivity contribution is 0.313. The van der Waals surface area contributed by atoms with E-state index in [1.807, 2.05) is 24.3 Å². The second kappa shape index (κ2) is 6.29. The maximum absolute atomic E-state index is 14.8. The molecule has 0 amide bonds. The van der Waals surface area contributed by atoms with Gasteiger partial charge in [-0.25, -0.2) is 13.9 Å². The maximum Gasteiger partial charge on any atom is 0.154 e. The van der Waals surface area contributed by atoms with E-state index in [4.69, 9.17) is 0 Å². The van der Waals surface area contributed by atoms with Gasteiger partial charge in [-0.3, -0.25) is 0 Å². The summed E-state index contributed by atoms with van der Waals surface area (Å²) in [5.41, 5.74) is 3.47. The number of likely N-dealkylation sites (N-methyl/N-ethyl adjacent to an activating group) is 1. The van der Waals surface area contributed by atoms with E-state index in [9.17, 15) is 4.39 Å². The molecule has 0 bridgehead atoms. The Morgan fingerprint density at radius 2 is 1.92 bits per heavy atom. The molecular formula is C19H20FN5. The van der Waals surface area contributed by atoms with Crippen molar-refractivity contribution in [3.05, 3.63) is 54.6 Å². The zero-order chi connectivity index (χ0) is 17.4. The summed E-state index contributed by atoms with van der Waals surface area (Å²) in [5.74, 6) is -0.260. The van der Waals surface area contributed by atoms with Gasteiger partial charge in [0.2, 0.25) is 0 Å². The molecule has 4 rings (SSSR count). The first kappa shape index (κ1) is 15.8. The van der Waals surface area contributed by atoms with Crippen molar-refractivity contribution in [1.82, 2.24) is 19.5 Å². The maximum atomic E-state index is 14.8. The molecule has 128 valence electrons. The van der Waals surface area contributed by atoms with Crippen LogP contribution in [0.4, 0.5) is 10.1 Å². The Labute approximate surface area is 146 Å². The highest BCUT2D eigenvalue weighted by molar-refractivity contribution is 5.67. The molecule has 3 heterocycles.